The van der Waals surface area contributed by atoms with Gasteiger partial charge in [0.15, 0.2) is 5.03 Å². The third-order valence-corrected chi connectivity index (χ3v) is 6.85. The Morgan fingerprint density at radius 2 is 2.00 bits per heavy atom. The van der Waals surface area contributed by atoms with Crippen LogP contribution in [0.3, 0.4) is 0 Å². The van der Waals surface area contributed by atoms with E-state index in [9.17, 15) is 8.42 Å². The monoisotopic (exact) mass is 338 g/mol. The number of pyridine rings is 1. The second kappa shape index (κ2) is 7.28. The third-order valence-electron chi connectivity index (χ3n) is 5.01. The number of nitrogens with zero attached hydrogens (tertiary/aromatic N) is 2. The van der Waals surface area contributed by atoms with Crippen LogP contribution in [0.4, 0.5) is 0 Å². The van der Waals surface area contributed by atoms with Crippen LogP contribution >= 0.6 is 0 Å². The van der Waals surface area contributed by atoms with Gasteiger partial charge in [-0.3, -0.25) is 0 Å². The molecular formula is C17H26N2O3S. The molecule has 1 saturated carbocycles. The summed E-state index contributed by atoms with van der Waals surface area (Å²) in [6.07, 6.45) is 7.56. The molecule has 6 heteroatoms. The zero-order chi connectivity index (χ0) is 16.3. The lowest BCUT2D eigenvalue weighted by Gasteiger charge is -2.36. The smallest absolute Gasteiger partial charge is 0.260 e. The van der Waals surface area contributed by atoms with Crippen LogP contribution < -0.4 is 0 Å². The van der Waals surface area contributed by atoms with Gasteiger partial charge in [-0.25, -0.2) is 13.4 Å². The molecule has 1 aromatic rings. The predicted octanol–water partition coefficient (Wildman–Crippen LogP) is 2.83. The fourth-order valence-electron chi connectivity index (χ4n) is 3.58. The molecule has 3 rings (SSSR count). The summed E-state index contributed by atoms with van der Waals surface area (Å²) in [5, 5.41) is 0.150. The van der Waals surface area contributed by atoms with Gasteiger partial charge in [0, 0.05) is 25.4 Å². The summed E-state index contributed by atoms with van der Waals surface area (Å²) < 4.78 is 33.6. The minimum Gasteiger partial charge on any atom is -0.377 e. The lowest BCUT2D eigenvalue weighted by atomic mass is 9.87. The van der Waals surface area contributed by atoms with Gasteiger partial charge >= 0.3 is 0 Å². The number of ether oxygens (including phenoxy) is 1. The molecular weight excluding hydrogens is 312 g/mol. The first-order valence-electron chi connectivity index (χ1n) is 8.62. The Kier molecular flexibility index (Phi) is 5.34. The van der Waals surface area contributed by atoms with Crippen molar-refractivity contribution >= 4 is 10.0 Å². The van der Waals surface area contributed by atoms with Crippen LogP contribution in [0.2, 0.25) is 0 Å². The third kappa shape index (κ3) is 3.92. The summed E-state index contributed by atoms with van der Waals surface area (Å²) in [6.45, 7) is 3.44. The number of aromatic nitrogens is 1. The first kappa shape index (κ1) is 16.9. The maximum absolute atomic E-state index is 13.1. The summed E-state index contributed by atoms with van der Waals surface area (Å²) in [5.41, 5.74) is 0. The number of sulfonamides is 1. The van der Waals surface area contributed by atoms with Crippen molar-refractivity contribution in [2.45, 2.75) is 62.6 Å². The molecule has 1 aromatic heterocycles. The molecule has 0 unspecified atom stereocenters. The molecule has 0 aromatic carbocycles. The Bertz CT molecular complexity index is 592. The minimum absolute atomic E-state index is 0.0211. The minimum atomic E-state index is -3.56. The molecule has 23 heavy (non-hydrogen) atoms. The largest absolute Gasteiger partial charge is 0.377 e. The van der Waals surface area contributed by atoms with Crippen LogP contribution in [-0.2, 0) is 14.8 Å². The second-order valence-electron chi connectivity index (χ2n) is 6.79. The quantitative estimate of drug-likeness (QED) is 0.828. The average molecular weight is 338 g/mol. The van der Waals surface area contributed by atoms with E-state index in [1.807, 2.05) is 0 Å². The predicted molar refractivity (Wildman–Crippen MR) is 88.5 cm³/mol. The van der Waals surface area contributed by atoms with Crippen molar-refractivity contribution in [1.82, 2.24) is 9.29 Å². The Morgan fingerprint density at radius 1 is 1.22 bits per heavy atom. The van der Waals surface area contributed by atoms with Crippen LogP contribution in [0.25, 0.3) is 0 Å². The van der Waals surface area contributed by atoms with E-state index in [1.165, 1.54) is 0 Å². The topological polar surface area (TPSA) is 59.5 Å². The van der Waals surface area contributed by atoms with Crippen molar-refractivity contribution in [2.24, 2.45) is 5.92 Å². The van der Waals surface area contributed by atoms with Crippen LogP contribution in [0, 0.1) is 5.92 Å². The highest BCUT2D eigenvalue weighted by molar-refractivity contribution is 7.89. The SMILES string of the molecule is CC1CCC(N(C[C@H]2CCCO2)S(=O)(=O)c2ccccn2)CC1. The van der Waals surface area contributed by atoms with Crippen molar-refractivity contribution in [3.63, 3.8) is 0 Å². The van der Waals surface area contributed by atoms with Crippen molar-refractivity contribution in [1.29, 1.82) is 0 Å². The summed E-state index contributed by atoms with van der Waals surface area (Å²) >= 11 is 0. The molecule has 1 aliphatic heterocycles. The molecule has 2 fully saturated rings. The molecule has 0 N–H and O–H groups in total. The maximum Gasteiger partial charge on any atom is 0.260 e. The Labute approximate surface area is 139 Å². The number of hydrogen-bond donors (Lipinski definition) is 0. The molecule has 2 aliphatic rings. The van der Waals surface area contributed by atoms with Crippen LogP contribution in [0.5, 0.6) is 0 Å². The summed E-state index contributed by atoms with van der Waals surface area (Å²) in [4.78, 5) is 4.09. The van der Waals surface area contributed by atoms with Crippen molar-refractivity contribution < 1.29 is 13.2 Å². The maximum atomic E-state index is 13.1. The fourth-order valence-corrected chi connectivity index (χ4v) is 5.23. The summed E-state index contributed by atoms with van der Waals surface area (Å²) in [7, 11) is -3.56. The van der Waals surface area contributed by atoms with Gasteiger partial charge in [-0.15, -0.1) is 0 Å². The average Bonchev–Trinajstić information content (AvgIpc) is 3.08. The molecule has 128 valence electrons. The van der Waals surface area contributed by atoms with Gasteiger partial charge in [0.05, 0.1) is 6.10 Å². The molecule has 5 nitrogen and oxygen atoms in total. The normalized spacial score (nSPS) is 29.0. The standard InChI is InChI=1S/C17H26N2O3S/c1-14-7-9-15(10-8-14)19(13-16-5-4-12-22-16)23(20,21)17-6-2-3-11-18-17/h2-3,6,11,14-16H,4-5,7-10,12-13H2,1H3/t14?,15?,16-/m1/s1. The summed E-state index contributed by atoms with van der Waals surface area (Å²) in [5.74, 6) is 0.688. The Balaban J connectivity index is 1.84. The highest BCUT2D eigenvalue weighted by atomic mass is 32.2. The number of rotatable bonds is 5. The van der Waals surface area contributed by atoms with Gasteiger partial charge in [0.1, 0.15) is 0 Å². The molecule has 1 saturated heterocycles. The van der Waals surface area contributed by atoms with Crippen LogP contribution in [0.1, 0.15) is 45.4 Å². The lowest BCUT2D eigenvalue weighted by Crippen LogP contribution is -2.46. The van der Waals surface area contributed by atoms with Crippen LogP contribution in [0.15, 0.2) is 29.4 Å². The van der Waals surface area contributed by atoms with Gasteiger partial charge < -0.3 is 4.74 Å². The highest BCUT2D eigenvalue weighted by Crippen LogP contribution is 2.31. The van der Waals surface area contributed by atoms with Gasteiger partial charge in [0.25, 0.3) is 10.0 Å². The van der Waals surface area contributed by atoms with Crippen molar-refractivity contribution in [3.8, 4) is 0 Å². The fraction of sp³-hybridized carbons (Fsp3) is 0.706. The van der Waals surface area contributed by atoms with E-state index in [1.54, 1.807) is 28.7 Å². The van der Waals surface area contributed by atoms with Crippen LogP contribution in [-0.4, -0.2) is 43.0 Å². The molecule has 2 heterocycles. The molecule has 0 radical (unpaired) electrons. The molecule has 0 amide bonds. The second-order valence-corrected chi connectivity index (χ2v) is 8.63. The van der Waals surface area contributed by atoms with Gasteiger partial charge in [-0.1, -0.05) is 13.0 Å². The van der Waals surface area contributed by atoms with Crippen molar-refractivity contribution in [2.75, 3.05) is 13.2 Å². The first-order valence-corrected chi connectivity index (χ1v) is 10.1. The molecule has 1 aliphatic carbocycles. The zero-order valence-electron chi connectivity index (χ0n) is 13.7. The van der Waals surface area contributed by atoms with E-state index in [0.29, 0.717) is 12.5 Å². The molecule has 1 atom stereocenters. The van der Waals surface area contributed by atoms with E-state index in [-0.39, 0.29) is 17.2 Å². The highest BCUT2D eigenvalue weighted by Gasteiger charge is 2.36. The van der Waals surface area contributed by atoms with E-state index >= 15 is 0 Å². The Hall–Kier alpha value is -0.980. The van der Waals surface area contributed by atoms with Gasteiger partial charge in [0.2, 0.25) is 0 Å². The van der Waals surface area contributed by atoms with E-state index in [4.69, 9.17) is 4.74 Å². The lowest BCUT2D eigenvalue weighted by molar-refractivity contribution is 0.0787. The Morgan fingerprint density at radius 3 is 2.61 bits per heavy atom. The van der Waals surface area contributed by atoms with E-state index < -0.39 is 10.0 Å². The molecule has 0 spiro atoms. The first-order chi connectivity index (χ1) is 11.1. The van der Waals surface area contributed by atoms with E-state index in [2.05, 4.69) is 11.9 Å². The zero-order valence-corrected chi connectivity index (χ0v) is 14.5. The molecule has 0 bridgehead atoms. The van der Waals surface area contributed by atoms with Gasteiger partial charge in [-0.05, 0) is 56.6 Å². The number of hydrogen-bond acceptors (Lipinski definition) is 4. The van der Waals surface area contributed by atoms with E-state index in [0.717, 1.165) is 45.1 Å². The van der Waals surface area contributed by atoms with Crippen molar-refractivity contribution in [3.05, 3.63) is 24.4 Å². The van der Waals surface area contributed by atoms with Gasteiger partial charge in [-0.2, -0.15) is 4.31 Å². The summed E-state index contributed by atoms with van der Waals surface area (Å²) in [6, 6.07) is 5.13.